The molecule has 0 bridgehead atoms. The van der Waals surface area contributed by atoms with E-state index in [1.54, 1.807) is 20.8 Å². The first-order chi connectivity index (χ1) is 10.2. The Morgan fingerprint density at radius 2 is 2.00 bits per heavy atom. The van der Waals surface area contributed by atoms with Crippen molar-refractivity contribution in [3.8, 4) is 5.75 Å². The number of halogens is 1. The third-order valence-electron chi connectivity index (χ3n) is 3.36. The second-order valence-corrected chi connectivity index (χ2v) is 6.46. The number of rotatable bonds is 3. The fourth-order valence-electron chi connectivity index (χ4n) is 2.32. The number of carbonyl (C=O) groups is 1. The molecular weight excluding hydrogens is 289 g/mol. The minimum Gasteiger partial charge on any atom is -0.489 e. The molecule has 1 fully saturated rings. The molecule has 5 nitrogen and oxygen atoms in total. The predicted octanol–water partition coefficient (Wildman–Crippen LogP) is 2.92. The van der Waals surface area contributed by atoms with E-state index in [2.05, 4.69) is 0 Å². The number of ether oxygens (including phenoxy) is 2. The number of amides is 1. The second kappa shape index (κ2) is 6.12. The lowest BCUT2D eigenvalue weighted by atomic mass is 10.1. The summed E-state index contributed by atoms with van der Waals surface area (Å²) in [5.74, 6) is 0.0770. The molecule has 1 N–H and O–H groups in total. The number of nitrogens with zero attached hydrogens (tertiary/aromatic N) is 1. The van der Waals surface area contributed by atoms with E-state index < -0.39 is 17.4 Å². The Labute approximate surface area is 129 Å². The van der Waals surface area contributed by atoms with Gasteiger partial charge in [-0.3, -0.25) is 4.90 Å². The summed E-state index contributed by atoms with van der Waals surface area (Å²) in [7, 11) is 0. The van der Waals surface area contributed by atoms with E-state index in [1.807, 2.05) is 0 Å². The van der Waals surface area contributed by atoms with Crippen LogP contribution >= 0.6 is 0 Å². The average molecular weight is 311 g/mol. The molecule has 1 aromatic carbocycles. The molecule has 1 unspecified atom stereocenters. The highest BCUT2D eigenvalue weighted by Crippen LogP contribution is 2.29. The van der Waals surface area contributed by atoms with Gasteiger partial charge in [-0.2, -0.15) is 0 Å². The van der Waals surface area contributed by atoms with Gasteiger partial charge in [-0.25, -0.2) is 9.18 Å². The van der Waals surface area contributed by atoms with Crippen LogP contribution < -0.4 is 4.74 Å². The molecule has 122 valence electrons. The van der Waals surface area contributed by atoms with Crippen LogP contribution in [0.3, 0.4) is 0 Å². The second-order valence-electron chi connectivity index (χ2n) is 6.46. The molecule has 0 aromatic heterocycles. The van der Waals surface area contributed by atoms with Gasteiger partial charge in [0.1, 0.15) is 23.8 Å². The van der Waals surface area contributed by atoms with Gasteiger partial charge in [0.2, 0.25) is 0 Å². The first kappa shape index (κ1) is 16.5. The summed E-state index contributed by atoms with van der Waals surface area (Å²) in [4.78, 5) is 13.5. The van der Waals surface area contributed by atoms with Gasteiger partial charge >= 0.3 is 6.09 Å². The van der Waals surface area contributed by atoms with Crippen molar-refractivity contribution < 1.29 is 23.8 Å². The zero-order valence-electron chi connectivity index (χ0n) is 13.1. The largest absolute Gasteiger partial charge is 0.489 e. The predicted molar refractivity (Wildman–Crippen MR) is 79.0 cm³/mol. The number of carbonyl (C=O) groups excluding carboxylic acids is 1. The number of hydrogen-bond acceptors (Lipinski definition) is 4. The van der Waals surface area contributed by atoms with Crippen LogP contribution in [0.1, 0.15) is 33.6 Å². The van der Waals surface area contributed by atoms with Gasteiger partial charge in [-0.15, -0.1) is 0 Å². The smallest absolute Gasteiger partial charge is 0.412 e. The number of aliphatic hydroxyl groups is 1. The molecule has 0 aliphatic carbocycles. The zero-order chi connectivity index (χ0) is 16.4. The van der Waals surface area contributed by atoms with E-state index in [0.717, 1.165) is 0 Å². The molecule has 1 saturated heterocycles. The topological polar surface area (TPSA) is 59.0 Å². The molecule has 0 saturated carbocycles. The molecule has 0 radical (unpaired) electrons. The molecule has 6 heteroatoms. The highest BCUT2D eigenvalue weighted by atomic mass is 19.1. The molecule has 0 spiro atoms. The normalized spacial score (nSPS) is 21.8. The third-order valence-corrected chi connectivity index (χ3v) is 3.36. The highest BCUT2D eigenvalue weighted by Gasteiger charge is 2.44. The van der Waals surface area contributed by atoms with Crippen LogP contribution in [0.2, 0.25) is 0 Å². The summed E-state index contributed by atoms with van der Waals surface area (Å²) in [6, 6.07) is 5.51. The Bertz CT molecular complexity index is 526. The van der Waals surface area contributed by atoms with Crippen molar-refractivity contribution in [3.63, 3.8) is 0 Å². The first-order valence-corrected chi connectivity index (χ1v) is 7.31. The van der Waals surface area contributed by atoms with E-state index in [4.69, 9.17) is 9.47 Å². The maximum atomic E-state index is 12.9. The standard InChI is InChI=1S/C16H22FNO4/c1-15(2,3)22-14(19)18-10-4-9-16(18,20)11-21-13-7-5-12(17)6-8-13/h5-8,20H,4,9-11H2,1-3H3. The maximum Gasteiger partial charge on any atom is 0.412 e. The van der Waals surface area contributed by atoms with Gasteiger partial charge in [0, 0.05) is 13.0 Å². The Kier molecular flexibility index (Phi) is 4.60. The highest BCUT2D eigenvalue weighted by molar-refractivity contribution is 5.69. The molecule has 1 aliphatic rings. The van der Waals surface area contributed by atoms with E-state index in [1.165, 1.54) is 29.2 Å². The van der Waals surface area contributed by atoms with Crippen LogP contribution in [0.5, 0.6) is 5.75 Å². The number of hydrogen-bond donors (Lipinski definition) is 1. The quantitative estimate of drug-likeness (QED) is 0.932. The summed E-state index contributed by atoms with van der Waals surface area (Å²) < 4.78 is 23.7. The van der Waals surface area contributed by atoms with E-state index >= 15 is 0 Å². The molecule has 1 atom stereocenters. The van der Waals surface area contributed by atoms with Gasteiger partial charge in [0.15, 0.2) is 5.72 Å². The molecule has 1 amide bonds. The van der Waals surface area contributed by atoms with Crippen LogP contribution in [0.4, 0.5) is 9.18 Å². The van der Waals surface area contributed by atoms with Crippen molar-refractivity contribution in [1.82, 2.24) is 4.90 Å². The summed E-state index contributed by atoms with van der Waals surface area (Å²) in [5, 5.41) is 10.7. The van der Waals surface area contributed by atoms with E-state index in [0.29, 0.717) is 25.1 Å². The van der Waals surface area contributed by atoms with Crippen molar-refractivity contribution >= 4 is 6.09 Å². The summed E-state index contributed by atoms with van der Waals surface area (Å²) in [6.45, 7) is 5.65. The Hall–Kier alpha value is -1.82. The van der Waals surface area contributed by atoms with E-state index in [-0.39, 0.29) is 12.4 Å². The van der Waals surface area contributed by atoms with Crippen molar-refractivity contribution in [3.05, 3.63) is 30.1 Å². The Morgan fingerprint density at radius 1 is 1.36 bits per heavy atom. The summed E-state index contributed by atoms with van der Waals surface area (Å²) in [6.07, 6.45) is 0.519. The van der Waals surface area contributed by atoms with Crippen molar-refractivity contribution in [2.45, 2.75) is 44.9 Å². The molecule has 1 heterocycles. The first-order valence-electron chi connectivity index (χ1n) is 7.31. The molecular formula is C16H22FNO4. The van der Waals surface area contributed by atoms with Crippen molar-refractivity contribution in [2.75, 3.05) is 13.2 Å². The van der Waals surface area contributed by atoms with Crippen molar-refractivity contribution in [2.24, 2.45) is 0 Å². The molecule has 1 aliphatic heterocycles. The van der Waals surface area contributed by atoms with Crippen LogP contribution in [0, 0.1) is 5.82 Å². The van der Waals surface area contributed by atoms with Crippen LogP contribution in [-0.2, 0) is 4.74 Å². The number of benzene rings is 1. The van der Waals surface area contributed by atoms with Crippen LogP contribution in [-0.4, -0.2) is 40.6 Å². The van der Waals surface area contributed by atoms with Crippen molar-refractivity contribution in [1.29, 1.82) is 0 Å². The van der Waals surface area contributed by atoms with Gasteiger partial charge < -0.3 is 14.6 Å². The minimum absolute atomic E-state index is 0.0854. The van der Waals surface area contributed by atoms with Gasteiger partial charge in [-0.1, -0.05) is 0 Å². The fraction of sp³-hybridized carbons (Fsp3) is 0.562. The van der Waals surface area contributed by atoms with Crippen LogP contribution in [0.15, 0.2) is 24.3 Å². The average Bonchev–Trinajstić information content (AvgIpc) is 2.79. The zero-order valence-corrected chi connectivity index (χ0v) is 13.1. The molecule has 22 heavy (non-hydrogen) atoms. The summed E-state index contributed by atoms with van der Waals surface area (Å²) >= 11 is 0. The maximum absolute atomic E-state index is 12.9. The van der Waals surface area contributed by atoms with Crippen LogP contribution in [0.25, 0.3) is 0 Å². The van der Waals surface area contributed by atoms with Gasteiger partial charge in [-0.05, 0) is 51.5 Å². The van der Waals surface area contributed by atoms with E-state index in [9.17, 15) is 14.3 Å². The molecule has 2 rings (SSSR count). The lowest BCUT2D eigenvalue weighted by molar-refractivity contribution is -0.106. The lowest BCUT2D eigenvalue weighted by Gasteiger charge is -2.34. The fourth-order valence-corrected chi connectivity index (χ4v) is 2.32. The summed E-state index contributed by atoms with van der Waals surface area (Å²) in [5.41, 5.74) is -2.03. The lowest BCUT2D eigenvalue weighted by Crippen LogP contribution is -2.52. The molecule has 1 aromatic rings. The van der Waals surface area contributed by atoms with Gasteiger partial charge in [0.25, 0.3) is 0 Å². The minimum atomic E-state index is -1.41. The van der Waals surface area contributed by atoms with Gasteiger partial charge in [0.05, 0.1) is 0 Å². The monoisotopic (exact) mass is 311 g/mol. The number of likely N-dealkylation sites (tertiary alicyclic amines) is 1. The SMILES string of the molecule is CC(C)(C)OC(=O)N1CCCC1(O)COc1ccc(F)cc1. The third kappa shape index (κ3) is 4.10. The Morgan fingerprint density at radius 3 is 2.59 bits per heavy atom. The Balaban J connectivity index is 2.01.